The molecule has 1 aliphatic carbocycles. The van der Waals surface area contributed by atoms with Crippen LogP contribution in [-0.2, 0) is 6.42 Å². The number of hydrogen-bond acceptors (Lipinski definition) is 1. The molecule has 70 valence electrons. The molecule has 1 atom stereocenters. The fourth-order valence-electron chi connectivity index (χ4n) is 2.01. The highest BCUT2D eigenvalue weighted by molar-refractivity contribution is 5.38. The predicted molar refractivity (Wildman–Crippen MR) is 55.8 cm³/mol. The van der Waals surface area contributed by atoms with E-state index in [0.29, 0.717) is 5.92 Å². The van der Waals surface area contributed by atoms with E-state index in [4.69, 9.17) is 5.73 Å². The average molecular weight is 175 g/mol. The Labute approximate surface area is 80.0 Å². The summed E-state index contributed by atoms with van der Waals surface area (Å²) < 4.78 is 0. The number of aryl methyl sites for hydroxylation is 1. The summed E-state index contributed by atoms with van der Waals surface area (Å²) in [4.78, 5) is 0. The Morgan fingerprint density at radius 3 is 2.85 bits per heavy atom. The van der Waals surface area contributed by atoms with Crippen molar-refractivity contribution in [1.29, 1.82) is 0 Å². The number of rotatable bonds is 1. The molecule has 0 saturated carbocycles. The molecule has 0 radical (unpaired) electrons. The zero-order valence-electron chi connectivity index (χ0n) is 8.38. The van der Waals surface area contributed by atoms with Crippen LogP contribution in [0, 0.1) is 0 Å². The summed E-state index contributed by atoms with van der Waals surface area (Å²) in [5.74, 6) is 0.609. The van der Waals surface area contributed by atoms with Gasteiger partial charge in [0.05, 0.1) is 0 Å². The van der Waals surface area contributed by atoms with Gasteiger partial charge in [0, 0.05) is 6.04 Å². The zero-order chi connectivity index (χ0) is 9.42. The maximum absolute atomic E-state index is 6.02. The van der Waals surface area contributed by atoms with Crippen LogP contribution in [0.4, 0.5) is 0 Å². The van der Waals surface area contributed by atoms with Crippen LogP contribution in [-0.4, -0.2) is 0 Å². The zero-order valence-corrected chi connectivity index (χ0v) is 8.38. The Kier molecular flexibility index (Phi) is 2.12. The molecular formula is C12H17N. The van der Waals surface area contributed by atoms with Gasteiger partial charge in [-0.1, -0.05) is 32.0 Å². The molecular weight excluding hydrogens is 158 g/mol. The molecule has 0 saturated heterocycles. The van der Waals surface area contributed by atoms with Crippen molar-refractivity contribution in [3.8, 4) is 0 Å². The SMILES string of the molecule is CC(C)c1ccc2c(c1)C(N)CC2. The standard InChI is InChI=1S/C12H17N/c1-8(2)10-4-3-9-5-6-12(13)11(9)7-10/h3-4,7-8,12H,5-6,13H2,1-2H3. The van der Waals surface area contributed by atoms with Gasteiger partial charge in [0.15, 0.2) is 0 Å². The summed E-state index contributed by atoms with van der Waals surface area (Å²) >= 11 is 0. The minimum absolute atomic E-state index is 0.286. The lowest BCUT2D eigenvalue weighted by Crippen LogP contribution is -2.05. The maximum Gasteiger partial charge on any atom is 0.0300 e. The monoisotopic (exact) mass is 175 g/mol. The maximum atomic E-state index is 6.02. The minimum Gasteiger partial charge on any atom is -0.324 e. The topological polar surface area (TPSA) is 26.0 Å². The Bertz CT molecular complexity index is 315. The molecule has 0 heterocycles. The quantitative estimate of drug-likeness (QED) is 0.697. The van der Waals surface area contributed by atoms with Crippen LogP contribution in [0.15, 0.2) is 18.2 Å². The molecule has 0 fully saturated rings. The molecule has 0 aromatic heterocycles. The van der Waals surface area contributed by atoms with E-state index in [1.165, 1.54) is 16.7 Å². The summed E-state index contributed by atoms with van der Waals surface area (Å²) in [5.41, 5.74) is 10.3. The molecule has 2 rings (SSSR count). The van der Waals surface area contributed by atoms with Gasteiger partial charge in [-0.15, -0.1) is 0 Å². The van der Waals surface area contributed by atoms with Crippen molar-refractivity contribution in [2.45, 2.75) is 38.6 Å². The van der Waals surface area contributed by atoms with Crippen molar-refractivity contribution in [3.63, 3.8) is 0 Å². The first-order valence-electron chi connectivity index (χ1n) is 5.07. The smallest absolute Gasteiger partial charge is 0.0300 e. The van der Waals surface area contributed by atoms with Crippen LogP contribution >= 0.6 is 0 Å². The van der Waals surface area contributed by atoms with Crippen molar-refractivity contribution < 1.29 is 0 Å². The Morgan fingerprint density at radius 2 is 2.15 bits per heavy atom. The van der Waals surface area contributed by atoms with E-state index in [-0.39, 0.29) is 6.04 Å². The lowest BCUT2D eigenvalue weighted by molar-refractivity contribution is 0.712. The lowest BCUT2D eigenvalue weighted by Gasteiger charge is -2.10. The molecule has 1 unspecified atom stereocenters. The molecule has 1 nitrogen and oxygen atoms in total. The first-order chi connectivity index (χ1) is 6.18. The van der Waals surface area contributed by atoms with Crippen molar-refractivity contribution in [3.05, 3.63) is 34.9 Å². The molecule has 1 aromatic carbocycles. The van der Waals surface area contributed by atoms with E-state index in [1.54, 1.807) is 0 Å². The second-order valence-electron chi connectivity index (χ2n) is 4.26. The van der Waals surface area contributed by atoms with Gasteiger partial charge in [0.1, 0.15) is 0 Å². The van der Waals surface area contributed by atoms with Gasteiger partial charge < -0.3 is 5.73 Å². The van der Waals surface area contributed by atoms with Gasteiger partial charge in [0.25, 0.3) is 0 Å². The second kappa shape index (κ2) is 3.15. The molecule has 0 bridgehead atoms. The van der Waals surface area contributed by atoms with Crippen LogP contribution in [0.2, 0.25) is 0 Å². The van der Waals surface area contributed by atoms with E-state index in [1.807, 2.05) is 0 Å². The molecule has 1 aromatic rings. The van der Waals surface area contributed by atoms with Crippen LogP contribution in [0.25, 0.3) is 0 Å². The van der Waals surface area contributed by atoms with E-state index in [2.05, 4.69) is 32.0 Å². The van der Waals surface area contributed by atoms with Crippen molar-refractivity contribution in [1.82, 2.24) is 0 Å². The Hall–Kier alpha value is -0.820. The summed E-state index contributed by atoms with van der Waals surface area (Å²) in [6.07, 6.45) is 2.28. The number of nitrogens with two attached hydrogens (primary N) is 1. The van der Waals surface area contributed by atoms with Crippen molar-refractivity contribution in [2.75, 3.05) is 0 Å². The third-order valence-corrected chi connectivity index (χ3v) is 2.96. The lowest BCUT2D eigenvalue weighted by atomic mass is 9.98. The van der Waals surface area contributed by atoms with Crippen molar-refractivity contribution in [2.24, 2.45) is 5.73 Å². The fraction of sp³-hybridized carbons (Fsp3) is 0.500. The number of fused-ring (bicyclic) bond motifs is 1. The largest absolute Gasteiger partial charge is 0.324 e. The number of benzene rings is 1. The van der Waals surface area contributed by atoms with E-state index in [0.717, 1.165) is 12.8 Å². The van der Waals surface area contributed by atoms with Gasteiger partial charge in [-0.2, -0.15) is 0 Å². The third kappa shape index (κ3) is 1.49. The molecule has 0 amide bonds. The Balaban J connectivity index is 2.42. The van der Waals surface area contributed by atoms with Crippen LogP contribution in [0.1, 0.15) is 48.9 Å². The fourth-order valence-corrected chi connectivity index (χ4v) is 2.01. The summed E-state index contributed by atoms with van der Waals surface area (Å²) in [6.45, 7) is 4.45. The van der Waals surface area contributed by atoms with E-state index < -0.39 is 0 Å². The molecule has 0 aliphatic heterocycles. The molecule has 0 spiro atoms. The van der Waals surface area contributed by atoms with Gasteiger partial charge in [-0.3, -0.25) is 0 Å². The minimum atomic E-state index is 0.286. The molecule has 1 heteroatoms. The third-order valence-electron chi connectivity index (χ3n) is 2.96. The molecule has 1 aliphatic rings. The highest BCUT2D eigenvalue weighted by Gasteiger charge is 2.19. The normalized spacial score (nSPS) is 20.8. The van der Waals surface area contributed by atoms with Crippen molar-refractivity contribution >= 4 is 0 Å². The Morgan fingerprint density at radius 1 is 1.38 bits per heavy atom. The van der Waals surface area contributed by atoms with Gasteiger partial charge in [-0.25, -0.2) is 0 Å². The van der Waals surface area contributed by atoms with Gasteiger partial charge >= 0.3 is 0 Å². The molecule has 2 N–H and O–H groups in total. The number of hydrogen-bond donors (Lipinski definition) is 1. The van der Waals surface area contributed by atoms with Gasteiger partial charge in [-0.05, 0) is 35.4 Å². The summed E-state index contributed by atoms with van der Waals surface area (Å²) in [7, 11) is 0. The molecule has 13 heavy (non-hydrogen) atoms. The second-order valence-corrected chi connectivity index (χ2v) is 4.26. The first kappa shape index (κ1) is 8.76. The average Bonchev–Trinajstić information content (AvgIpc) is 2.47. The summed E-state index contributed by atoms with van der Waals surface area (Å²) in [5, 5.41) is 0. The predicted octanol–water partition coefficient (Wildman–Crippen LogP) is 2.76. The summed E-state index contributed by atoms with van der Waals surface area (Å²) in [6, 6.07) is 7.06. The van der Waals surface area contributed by atoms with E-state index >= 15 is 0 Å². The van der Waals surface area contributed by atoms with Crippen LogP contribution in [0.5, 0.6) is 0 Å². The van der Waals surface area contributed by atoms with Crippen LogP contribution in [0.3, 0.4) is 0 Å². The van der Waals surface area contributed by atoms with E-state index in [9.17, 15) is 0 Å². The van der Waals surface area contributed by atoms with Crippen LogP contribution < -0.4 is 5.73 Å². The first-order valence-corrected chi connectivity index (χ1v) is 5.07. The van der Waals surface area contributed by atoms with Gasteiger partial charge in [0.2, 0.25) is 0 Å². The highest BCUT2D eigenvalue weighted by Crippen LogP contribution is 2.31. The highest BCUT2D eigenvalue weighted by atomic mass is 14.6.